The number of nitrogens with zero attached hydrogens (tertiary/aromatic N) is 1. The minimum absolute atomic E-state index is 0.0370. The summed E-state index contributed by atoms with van der Waals surface area (Å²) in [6.45, 7) is 3.39. The van der Waals surface area contributed by atoms with Crippen LogP contribution in [-0.2, 0) is 20.0 Å². The molecule has 0 saturated heterocycles. The second-order valence-corrected chi connectivity index (χ2v) is 9.93. The van der Waals surface area contributed by atoms with E-state index in [9.17, 15) is 16.8 Å². The molecule has 2 heterocycles. The lowest BCUT2D eigenvalue weighted by molar-refractivity contribution is 0.430. The van der Waals surface area contributed by atoms with Crippen LogP contribution in [0.1, 0.15) is 11.3 Å². The Morgan fingerprint density at radius 2 is 1.65 bits per heavy atom. The van der Waals surface area contributed by atoms with E-state index in [2.05, 4.69) is 14.6 Å². The maximum absolute atomic E-state index is 12.4. The van der Waals surface area contributed by atoms with Gasteiger partial charge in [-0.25, -0.2) is 21.6 Å². The molecule has 0 amide bonds. The van der Waals surface area contributed by atoms with Crippen LogP contribution in [0, 0.1) is 13.8 Å². The summed E-state index contributed by atoms with van der Waals surface area (Å²) in [6, 6.07) is 8.46. The lowest BCUT2D eigenvalue weighted by Crippen LogP contribution is -2.14. The summed E-state index contributed by atoms with van der Waals surface area (Å²) in [5, 5.41) is 5.35. The monoisotopic (exact) mass is 413 g/mol. The van der Waals surface area contributed by atoms with Gasteiger partial charge in [0.15, 0.2) is 0 Å². The highest BCUT2D eigenvalue weighted by Crippen LogP contribution is 2.24. The first-order chi connectivity index (χ1) is 12.2. The SMILES string of the molecule is Cc1noc(NS(=O)(=O)c2ccc(NS(=O)(=O)c3cccs3)cc2)c1C. The molecule has 26 heavy (non-hydrogen) atoms. The van der Waals surface area contributed by atoms with Gasteiger partial charge in [0.05, 0.1) is 10.6 Å². The molecule has 138 valence electrons. The fourth-order valence-corrected chi connectivity index (χ4v) is 5.11. The average molecular weight is 414 g/mol. The molecule has 0 aliphatic rings. The van der Waals surface area contributed by atoms with Crippen LogP contribution < -0.4 is 9.44 Å². The van der Waals surface area contributed by atoms with E-state index in [0.29, 0.717) is 11.3 Å². The summed E-state index contributed by atoms with van der Waals surface area (Å²) in [4.78, 5) is -0.0370. The molecule has 0 saturated carbocycles. The molecule has 0 atom stereocenters. The van der Waals surface area contributed by atoms with Crippen molar-refractivity contribution in [2.75, 3.05) is 9.44 Å². The number of nitrogens with one attached hydrogen (secondary N) is 2. The van der Waals surface area contributed by atoms with Gasteiger partial charge >= 0.3 is 0 Å². The fourth-order valence-electron chi connectivity index (χ4n) is 2.02. The molecule has 0 aliphatic carbocycles. The predicted molar refractivity (Wildman–Crippen MR) is 98.4 cm³/mol. The van der Waals surface area contributed by atoms with Gasteiger partial charge in [-0.15, -0.1) is 11.3 Å². The van der Waals surface area contributed by atoms with Crippen LogP contribution in [0.4, 0.5) is 11.6 Å². The van der Waals surface area contributed by atoms with E-state index in [0.717, 1.165) is 11.3 Å². The number of aromatic nitrogens is 1. The van der Waals surface area contributed by atoms with Crippen LogP contribution in [0.2, 0.25) is 0 Å². The summed E-state index contributed by atoms with van der Waals surface area (Å²) in [6.07, 6.45) is 0. The Balaban J connectivity index is 1.80. The van der Waals surface area contributed by atoms with Gasteiger partial charge in [-0.1, -0.05) is 11.2 Å². The van der Waals surface area contributed by atoms with Gasteiger partial charge in [-0.3, -0.25) is 4.72 Å². The molecule has 0 fully saturated rings. The largest absolute Gasteiger partial charge is 0.337 e. The summed E-state index contributed by atoms with van der Waals surface area (Å²) >= 11 is 1.09. The lowest BCUT2D eigenvalue weighted by atomic mass is 10.3. The van der Waals surface area contributed by atoms with Gasteiger partial charge in [0, 0.05) is 11.3 Å². The van der Waals surface area contributed by atoms with Gasteiger partial charge in [-0.2, -0.15) is 0 Å². The van der Waals surface area contributed by atoms with E-state index < -0.39 is 20.0 Å². The normalized spacial score (nSPS) is 12.1. The maximum atomic E-state index is 12.4. The molecule has 8 nitrogen and oxygen atoms in total. The molecule has 0 aliphatic heterocycles. The molecule has 3 aromatic rings. The van der Waals surface area contributed by atoms with Crippen LogP contribution >= 0.6 is 11.3 Å². The number of benzene rings is 1. The minimum Gasteiger partial charge on any atom is -0.337 e. The third-order valence-corrected chi connectivity index (χ3v) is 7.69. The molecule has 2 aromatic heterocycles. The zero-order chi connectivity index (χ0) is 18.9. The van der Waals surface area contributed by atoms with E-state index in [4.69, 9.17) is 4.52 Å². The third kappa shape index (κ3) is 3.74. The van der Waals surface area contributed by atoms with Crippen LogP contribution in [-0.4, -0.2) is 22.0 Å². The number of anilines is 2. The molecule has 11 heteroatoms. The Morgan fingerprint density at radius 3 is 2.19 bits per heavy atom. The van der Waals surface area contributed by atoms with Crippen molar-refractivity contribution in [3.8, 4) is 0 Å². The van der Waals surface area contributed by atoms with Crippen molar-refractivity contribution in [3.63, 3.8) is 0 Å². The Morgan fingerprint density at radius 1 is 0.962 bits per heavy atom. The van der Waals surface area contributed by atoms with Gasteiger partial charge < -0.3 is 4.52 Å². The van der Waals surface area contributed by atoms with Crippen molar-refractivity contribution in [2.24, 2.45) is 0 Å². The summed E-state index contributed by atoms with van der Waals surface area (Å²) < 4.78 is 59.0. The molecule has 2 N–H and O–H groups in total. The number of sulfonamides is 2. The molecule has 0 radical (unpaired) electrons. The molecule has 1 aromatic carbocycles. The zero-order valence-electron chi connectivity index (χ0n) is 13.8. The third-order valence-electron chi connectivity index (χ3n) is 3.56. The lowest BCUT2D eigenvalue weighted by Gasteiger charge is -2.08. The first-order valence-corrected chi connectivity index (χ1v) is 11.2. The van der Waals surface area contributed by atoms with Gasteiger partial charge in [0.1, 0.15) is 4.21 Å². The summed E-state index contributed by atoms with van der Waals surface area (Å²) in [7, 11) is -7.57. The van der Waals surface area contributed by atoms with Gasteiger partial charge in [-0.05, 0) is 49.6 Å². The number of rotatable bonds is 6. The van der Waals surface area contributed by atoms with E-state index in [-0.39, 0.29) is 20.7 Å². The van der Waals surface area contributed by atoms with Crippen LogP contribution in [0.25, 0.3) is 0 Å². The first-order valence-electron chi connectivity index (χ1n) is 7.31. The predicted octanol–water partition coefficient (Wildman–Crippen LogP) is 2.95. The van der Waals surface area contributed by atoms with Crippen molar-refractivity contribution in [1.82, 2.24) is 5.16 Å². The Labute approximate surface area is 155 Å². The Bertz CT molecular complexity index is 1120. The van der Waals surface area contributed by atoms with Crippen molar-refractivity contribution >= 4 is 43.0 Å². The van der Waals surface area contributed by atoms with Crippen LogP contribution in [0.15, 0.2) is 55.4 Å². The number of aryl methyl sites for hydroxylation is 1. The van der Waals surface area contributed by atoms with E-state index in [1.807, 2.05) is 0 Å². The molecule has 0 unspecified atom stereocenters. The summed E-state index contributed by atoms with van der Waals surface area (Å²) in [5.74, 6) is 0.0463. The topological polar surface area (TPSA) is 118 Å². The van der Waals surface area contributed by atoms with Crippen molar-refractivity contribution in [1.29, 1.82) is 0 Å². The van der Waals surface area contributed by atoms with Crippen LogP contribution in [0.5, 0.6) is 0 Å². The fraction of sp³-hybridized carbons (Fsp3) is 0.133. The second-order valence-electron chi connectivity index (χ2n) is 5.39. The minimum atomic E-state index is -3.89. The van der Waals surface area contributed by atoms with Crippen molar-refractivity contribution in [3.05, 3.63) is 53.0 Å². The smallest absolute Gasteiger partial charge is 0.271 e. The highest BCUT2D eigenvalue weighted by atomic mass is 32.2. The molecule has 0 bridgehead atoms. The van der Waals surface area contributed by atoms with Crippen molar-refractivity contribution in [2.45, 2.75) is 23.0 Å². The quantitative estimate of drug-likeness (QED) is 0.641. The Kier molecular flexibility index (Phi) is 4.78. The van der Waals surface area contributed by atoms with E-state index in [1.165, 1.54) is 30.3 Å². The highest BCUT2D eigenvalue weighted by molar-refractivity contribution is 7.94. The van der Waals surface area contributed by atoms with Crippen LogP contribution in [0.3, 0.4) is 0 Å². The average Bonchev–Trinajstić information content (AvgIpc) is 3.22. The molecule has 3 rings (SSSR count). The number of hydrogen-bond donors (Lipinski definition) is 2. The Hall–Kier alpha value is -2.37. The second kappa shape index (κ2) is 6.74. The van der Waals surface area contributed by atoms with Crippen molar-refractivity contribution < 1.29 is 21.4 Å². The zero-order valence-corrected chi connectivity index (χ0v) is 16.2. The molecular formula is C15H15N3O5S3. The van der Waals surface area contributed by atoms with E-state index >= 15 is 0 Å². The molecule has 0 spiro atoms. The van der Waals surface area contributed by atoms with E-state index in [1.54, 1.807) is 25.3 Å². The first kappa shape index (κ1) is 18.4. The number of thiophene rings is 1. The molecular weight excluding hydrogens is 398 g/mol. The highest BCUT2D eigenvalue weighted by Gasteiger charge is 2.20. The number of hydrogen-bond acceptors (Lipinski definition) is 7. The maximum Gasteiger partial charge on any atom is 0.271 e. The summed E-state index contributed by atoms with van der Waals surface area (Å²) in [5.41, 5.74) is 1.43. The van der Waals surface area contributed by atoms with Gasteiger partial charge in [0.25, 0.3) is 20.0 Å². The standard InChI is InChI=1S/C15H15N3O5S3/c1-10-11(2)16-23-15(10)18-25(19,20)13-7-5-12(6-8-13)17-26(21,22)14-4-3-9-24-14/h3-9,17-18H,1-2H3. The van der Waals surface area contributed by atoms with Gasteiger partial charge in [0.2, 0.25) is 5.88 Å².